The molecule has 0 radical (unpaired) electrons. The molecule has 0 saturated carbocycles. The van der Waals surface area contributed by atoms with Crippen LogP contribution in [0, 0.1) is 5.92 Å². The summed E-state index contributed by atoms with van der Waals surface area (Å²) in [6, 6.07) is 0. The maximum Gasteiger partial charge on any atom is 0.481 e. The van der Waals surface area contributed by atoms with Crippen molar-refractivity contribution in [2.75, 3.05) is 18.9 Å². The van der Waals surface area contributed by atoms with E-state index in [2.05, 4.69) is 19.3 Å². The molecule has 0 aliphatic carbocycles. The van der Waals surface area contributed by atoms with Gasteiger partial charge in [-0.3, -0.25) is 28.3 Å². The number of aliphatic hydroxyl groups excluding tert-OH is 1. The lowest BCUT2D eigenvalue weighted by Crippen LogP contribution is -2.62. The molecule has 23 nitrogen and oxygen atoms in total. The molecule has 0 aromatic carbocycles. The predicted octanol–water partition coefficient (Wildman–Crippen LogP) is -0.730. The highest BCUT2D eigenvalue weighted by molar-refractivity contribution is 8.08. The number of ether oxygens (including phenoxy) is 6. The number of hydrogen-bond acceptors (Lipinski definition) is 21. The Morgan fingerprint density at radius 2 is 1.72 bits per heavy atom. The fraction of sp³-hybridized carbons (Fsp3) is 0.615. The standard InChI is InChI=1S/C26H34FN5O18P2S/c1-10(34)42-6-16(44-11(2)35)22-20(45-12(3)36)14(5-33)21(46-13(4)37)26(48-22)49-51(39,40)50-52(41,53)43-7-15-17(27)19(38)25(47-15)32-9-31-18-23(28)29-8-30-24(18)32/h5,8-9,14-17,19-22,25-26,38H,6-7H2,1-4H3,(H,39,40)(H,41,53)(H2,28,29,30)/t14?,15-,16-,17?,19?,20+,21?,22?,25-,26+,52?/m1/s1. The molecule has 2 aromatic heterocycles. The van der Waals surface area contributed by atoms with Gasteiger partial charge in [-0.15, -0.1) is 0 Å². The summed E-state index contributed by atoms with van der Waals surface area (Å²) in [5, 5.41) is 10.5. The minimum absolute atomic E-state index is 0.00267. The number of aliphatic hydroxyl groups is 1. The molecule has 27 heteroatoms. The van der Waals surface area contributed by atoms with Crippen LogP contribution in [0.25, 0.3) is 11.2 Å². The fourth-order valence-corrected chi connectivity index (χ4v) is 8.40. The molecule has 0 bridgehead atoms. The quantitative estimate of drug-likeness (QED) is 0.0745. The molecule has 294 valence electrons. The number of rotatable bonds is 15. The number of fused-ring (bicyclic) bond motifs is 1. The van der Waals surface area contributed by atoms with Crippen molar-refractivity contribution in [3.63, 3.8) is 0 Å². The number of phosphoric acid groups is 1. The van der Waals surface area contributed by atoms with Gasteiger partial charge < -0.3 is 58.4 Å². The molecule has 2 fully saturated rings. The Kier molecular flexibility index (Phi) is 13.7. The largest absolute Gasteiger partial charge is 0.481 e. The topological polar surface area (TPSA) is 316 Å². The first kappa shape index (κ1) is 42.1. The first-order valence-corrected chi connectivity index (χ1v) is 19.2. The van der Waals surface area contributed by atoms with Crippen molar-refractivity contribution in [2.24, 2.45) is 5.92 Å². The normalized spacial score (nSPS) is 30.0. The predicted molar refractivity (Wildman–Crippen MR) is 171 cm³/mol. The first-order valence-electron chi connectivity index (χ1n) is 15.1. The minimum Gasteiger partial charge on any atom is -0.462 e. The molecule has 2 aliphatic rings. The van der Waals surface area contributed by atoms with Crippen molar-refractivity contribution < 1.29 is 89.6 Å². The van der Waals surface area contributed by atoms with Gasteiger partial charge in [0, 0.05) is 27.7 Å². The van der Waals surface area contributed by atoms with Crippen molar-refractivity contribution >= 4 is 73.5 Å². The van der Waals surface area contributed by atoms with Gasteiger partial charge in [0.05, 0.1) is 18.9 Å². The molecule has 2 saturated heterocycles. The van der Waals surface area contributed by atoms with Gasteiger partial charge in [0.2, 0.25) is 6.29 Å². The van der Waals surface area contributed by atoms with Crippen LogP contribution >= 0.6 is 14.5 Å². The van der Waals surface area contributed by atoms with E-state index in [4.69, 9.17) is 55.0 Å². The van der Waals surface area contributed by atoms with Gasteiger partial charge in [0.1, 0.15) is 49.2 Å². The number of nitrogens with two attached hydrogens (primary N) is 1. The zero-order valence-corrected chi connectivity index (χ0v) is 30.5. The molecule has 0 amide bonds. The van der Waals surface area contributed by atoms with Crippen LogP contribution in [0.1, 0.15) is 33.9 Å². The first-order chi connectivity index (χ1) is 24.7. The Morgan fingerprint density at radius 3 is 2.32 bits per heavy atom. The monoisotopic (exact) mass is 817 g/mol. The van der Waals surface area contributed by atoms with Crippen molar-refractivity contribution in [3.05, 3.63) is 12.7 Å². The Morgan fingerprint density at radius 1 is 1.06 bits per heavy atom. The third-order valence-corrected chi connectivity index (χ3v) is 10.8. The van der Waals surface area contributed by atoms with E-state index in [1.54, 1.807) is 0 Å². The zero-order chi connectivity index (χ0) is 39.4. The van der Waals surface area contributed by atoms with Crippen molar-refractivity contribution in [3.8, 4) is 0 Å². The number of nitrogen functional groups attached to an aromatic ring is 1. The number of esters is 4. The number of nitrogens with zero attached hydrogens (tertiary/aromatic N) is 4. The van der Waals surface area contributed by atoms with E-state index in [0.29, 0.717) is 0 Å². The van der Waals surface area contributed by atoms with Crippen LogP contribution < -0.4 is 5.73 Å². The lowest BCUT2D eigenvalue weighted by atomic mass is 9.87. The number of hydrogen-bond donors (Lipinski definition) is 4. The molecule has 12 atom stereocenters. The summed E-state index contributed by atoms with van der Waals surface area (Å²) in [7, 11) is -5.72. The van der Waals surface area contributed by atoms with E-state index >= 15 is 4.39 Å². The molecule has 5 N–H and O–H groups in total. The van der Waals surface area contributed by atoms with E-state index in [-0.39, 0.29) is 23.3 Å². The highest BCUT2D eigenvalue weighted by Crippen LogP contribution is 2.62. The van der Waals surface area contributed by atoms with Gasteiger partial charge in [-0.2, -0.15) is 0 Å². The summed E-state index contributed by atoms with van der Waals surface area (Å²) in [6.45, 7) is -2.83. The van der Waals surface area contributed by atoms with Gasteiger partial charge in [-0.05, 0) is 11.8 Å². The Labute approximate surface area is 302 Å². The zero-order valence-electron chi connectivity index (χ0n) is 27.9. The summed E-state index contributed by atoms with van der Waals surface area (Å²) >= 11 is 4.81. The summed E-state index contributed by atoms with van der Waals surface area (Å²) in [5.74, 6) is -5.68. The maximum atomic E-state index is 15.1. The van der Waals surface area contributed by atoms with Crippen LogP contribution in [0.5, 0.6) is 0 Å². The number of carbonyl (C=O) groups is 5. The second-order valence-electron chi connectivity index (χ2n) is 11.3. The van der Waals surface area contributed by atoms with Crippen molar-refractivity contribution in [2.45, 2.75) is 83.0 Å². The van der Waals surface area contributed by atoms with Crippen LogP contribution in [0.4, 0.5) is 10.2 Å². The second kappa shape index (κ2) is 17.2. The van der Waals surface area contributed by atoms with Crippen LogP contribution in [-0.4, -0.2) is 127 Å². The third kappa shape index (κ3) is 10.5. The number of aldehydes is 1. The minimum atomic E-state index is -5.72. The maximum absolute atomic E-state index is 15.1. The molecule has 53 heavy (non-hydrogen) atoms. The highest BCUT2D eigenvalue weighted by atomic mass is 32.5. The van der Waals surface area contributed by atoms with E-state index in [0.717, 1.165) is 40.3 Å². The number of aromatic nitrogens is 4. The molecule has 4 rings (SSSR count). The van der Waals surface area contributed by atoms with Crippen LogP contribution in [0.15, 0.2) is 12.7 Å². The average Bonchev–Trinajstić information content (AvgIpc) is 3.59. The Hall–Kier alpha value is -3.61. The Balaban J connectivity index is 1.53. The Bertz CT molecular complexity index is 1810. The second-order valence-corrected chi connectivity index (χ2v) is 15.7. The summed E-state index contributed by atoms with van der Waals surface area (Å²) in [4.78, 5) is 93.0. The van der Waals surface area contributed by atoms with Gasteiger partial charge in [-0.1, -0.05) is 0 Å². The van der Waals surface area contributed by atoms with Crippen molar-refractivity contribution in [1.82, 2.24) is 19.5 Å². The third-order valence-electron chi connectivity index (χ3n) is 7.33. The van der Waals surface area contributed by atoms with E-state index < -0.39 is 113 Å². The van der Waals surface area contributed by atoms with Crippen LogP contribution in [0.3, 0.4) is 0 Å². The fourth-order valence-electron chi connectivity index (χ4n) is 5.31. The number of phosphoric ester groups is 1. The number of imidazole rings is 1. The van der Waals surface area contributed by atoms with E-state index in [1.807, 2.05) is 0 Å². The molecule has 4 heterocycles. The molecular weight excluding hydrogens is 783 g/mol. The van der Waals surface area contributed by atoms with Gasteiger partial charge in [0.15, 0.2) is 36.1 Å². The number of anilines is 1. The number of halogens is 1. The van der Waals surface area contributed by atoms with E-state index in [9.17, 15) is 43.4 Å². The lowest BCUT2D eigenvalue weighted by molar-refractivity contribution is -0.283. The number of alkyl halides is 1. The molecule has 7 unspecified atom stereocenters. The molecule has 2 aliphatic heterocycles. The highest BCUT2D eigenvalue weighted by Gasteiger charge is 2.56. The number of carbonyl (C=O) groups excluding carboxylic acids is 5. The smallest absolute Gasteiger partial charge is 0.462 e. The summed E-state index contributed by atoms with van der Waals surface area (Å²) in [5.41, 5.74) is 5.98. The molecule has 0 spiro atoms. The van der Waals surface area contributed by atoms with Crippen LogP contribution in [0.2, 0.25) is 0 Å². The van der Waals surface area contributed by atoms with E-state index in [1.165, 1.54) is 4.57 Å². The van der Waals surface area contributed by atoms with Crippen molar-refractivity contribution in [1.29, 1.82) is 0 Å². The summed E-state index contributed by atoms with van der Waals surface area (Å²) in [6.07, 6.45) is -14.2. The van der Waals surface area contributed by atoms with Gasteiger partial charge in [-0.25, -0.2) is 28.2 Å². The average molecular weight is 818 g/mol. The SMILES string of the molecule is CC(=O)OC[C@@H](OC(C)=O)C1O[C@@H](OP(=O)(O)OP(O)(=S)OC[C@H]2O[C@@H](n3cnc4c(N)ncnc43)C(O)C2F)C(OC(C)=O)C(C=O)[C@@H]1OC(C)=O. The molecule has 2 aromatic rings. The van der Waals surface area contributed by atoms with Gasteiger partial charge in [0.25, 0.3) is 0 Å². The van der Waals surface area contributed by atoms with Gasteiger partial charge >= 0.3 is 38.4 Å². The summed E-state index contributed by atoms with van der Waals surface area (Å²) < 4.78 is 75.9. The van der Waals surface area contributed by atoms with Crippen LogP contribution in [-0.2, 0) is 82.1 Å². The molecular formula is C26H34FN5O18P2S. The lowest BCUT2D eigenvalue weighted by Gasteiger charge is -2.45.